The van der Waals surface area contributed by atoms with Crippen LogP contribution in [0.1, 0.15) is 12.8 Å². The van der Waals surface area contributed by atoms with Gasteiger partial charge in [-0.2, -0.15) is 0 Å². The molecule has 0 spiro atoms. The highest BCUT2D eigenvalue weighted by Gasteiger charge is 2.27. The highest BCUT2D eigenvalue weighted by molar-refractivity contribution is 7.99. The number of H-pyrrole nitrogens is 1. The fourth-order valence-corrected chi connectivity index (χ4v) is 3.61. The molecule has 3 rings (SSSR count). The van der Waals surface area contributed by atoms with Gasteiger partial charge in [-0.15, -0.1) is 0 Å². The van der Waals surface area contributed by atoms with Gasteiger partial charge >= 0.3 is 5.97 Å². The van der Waals surface area contributed by atoms with Crippen molar-refractivity contribution in [3.8, 4) is 0 Å². The highest BCUT2D eigenvalue weighted by Crippen LogP contribution is 2.23. The number of imidazole rings is 1. The number of likely N-dealkylation sites (tertiary alicyclic amines) is 1. The second-order valence-corrected chi connectivity index (χ2v) is 6.93. The summed E-state index contributed by atoms with van der Waals surface area (Å²) in [4.78, 5) is 37.1. The summed E-state index contributed by atoms with van der Waals surface area (Å²) in [6, 6.07) is 1.75. The van der Waals surface area contributed by atoms with Crippen molar-refractivity contribution in [2.24, 2.45) is 5.92 Å². The lowest BCUT2D eigenvalue weighted by Gasteiger charge is -2.30. The second-order valence-electron chi connectivity index (χ2n) is 5.53. The van der Waals surface area contributed by atoms with Crippen molar-refractivity contribution in [2.75, 3.05) is 26.0 Å². The lowest BCUT2D eigenvalue weighted by molar-refractivity contribution is -0.148. The summed E-state index contributed by atoms with van der Waals surface area (Å²) in [7, 11) is 1.39. The topological polar surface area (TPSA) is 88.2 Å². The number of hydrogen-bond acceptors (Lipinski definition) is 6. The molecule has 7 nitrogen and oxygen atoms in total. The van der Waals surface area contributed by atoms with Crippen molar-refractivity contribution >= 4 is 46.4 Å². The summed E-state index contributed by atoms with van der Waals surface area (Å²) in [5.41, 5.74) is 1.32. The highest BCUT2D eigenvalue weighted by atomic mass is 35.5. The van der Waals surface area contributed by atoms with E-state index in [1.54, 1.807) is 11.0 Å². The van der Waals surface area contributed by atoms with Crippen molar-refractivity contribution in [1.29, 1.82) is 0 Å². The molecule has 0 unspecified atom stereocenters. The molecule has 1 saturated heterocycles. The Morgan fingerprint density at radius 1 is 1.46 bits per heavy atom. The van der Waals surface area contributed by atoms with Crippen LogP contribution in [-0.2, 0) is 14.3 Å². The van der Waals surface area contributed by atoms with Gasteiger partial charge in [0, 0.05) is 19.3 Å². The maximum absolute atomic E-state index is 12.3. The van der Waals surface area contributed by atoms with Gasteiger partial charge < -0.3 is 14.6 Å². The van der Waals surface area contributed by atoms with E-state index >= 15 is 0 Å². The Bertz CT molecular complexity index is 758. The van der Waals surface area contributed by atoms with E-state index in [1.165, 1.54) is 25.1 Å². The number of carbonyl (C=O) groups is 2. The van der Waals surface area contributed by atoms with Gasteiger partial charge in [-0.05, 0) is 18.9 Å². The Morgan fingerprint density at radius 2 is 2.21 bits per heavy atom. The van der Waals surface area contributed by atoms with Crippen molar-refractivity contribution in [1.82, 2.24) is 19.9 Å². The first-order valence-corrected chi connectivity index (χ1v) is 8.93. The molecule has 128 valence electrons. The molecule has 0 aliphatic carbocycles. The van der Waals surface area contributed by atoms with E-state index in [2.05, 4.69) is 15.0 Å². The van der Waals surface area contributed by atoms with Crippen LogP contribution in [-0.4, -0.2) is 57.7 Å². The van der Waals surface area contributed by atoms with E-state index in [1.807, 2.05) is 0 Å². The van der Waals surface area contributed by atoms with Gasteiger partial charge in [0.15, 0.2) is 10.8 Å². The molecule has 24 heavy (non-hydrogen) atoms. The van der Waals surface area contributed by atoms with Crippen LogP contribution in [0.15, 0.2) is 17.4 Å². The summed E-state index contributed by atoms with van der Waals surface area (Å²) in [5.74, 6) is 0.0359. The van der Waals surface area contributed by atoms with Crippen LogP contribution in [0.3, 0.4) is 0 Å². The molecule has 0 radical (unpaired) electrons. The maximum Gasteiger partial charge on any atom is 0.308 e. The van der Waals surface area contributed by atoms with Crippen LogP contribution < -0.4 is 0 Å². The fourth-order valence-electron chi connectivity index (χ4n) is 2.67. The van der Waals surface area contributed by atoms with Crippen molar-refractivity contribution < 1.29 is 14.3 Å². The largest absolute Gasteiger partial charge is 0.469 e. The monoisotopic (exact) mass is 368 g/mol. The number of methoxy groups -OCH3 is 1. The Kier molecular flexibility index (Phi) is 5.25. The first kappa shape index (κ1) is 17.0. The van der Waals surface area contributed by atoms with E-state index in [-0.39, 0.29) is 23.5 Å². The molecule has 0 atom stereocenters. The van der Waals surface area contributed by atoms with Crippen LogP contribution in [0.2, 0.25) is 5.02 Å². The van der Waals surface area contributed by atoms with Crippen LogP contribution in [0, 0.1) is 5.92 Å². The number of nitrogens with one attached hydrogen (secondary N) is 1. The Hall–Kier alpha value is -1.80. The van der Waals surface area contributed by atoms with E-state index in [4.69, 9.17) is 16.3 Å². The number of aromatic amines is 1. The summed E-state index contributed by atoms with van der Waals surface area (Å²) in [6.45, 7) is 1.16. The van der Waals surface area contributed by atoms with Crippen LogP contribution >= 0.6 is 23.4 Å². The molecule has 2 aromatic heterocycles. The van der Waals surface area contributed by atoms with Crippen LogP contribution in [0.5, 0.6) is 0 Å². The first-order chi connectivity index (χ1) is 11.6. The number of pyridine rings is 1. The second kappa shape index (κ2) is 7.40. The molecule has 1 aliphatic heterocycles. The van der Waals surface area contributed by atoms with Crippen molar-refractivity contribution in [2.45, 2.75) is 18.0 Å². The third-order valence-electron chi connectivity index (χ3n) is 4.00. The number of halogens is 1. The minimum absolute atomic E-state index is 0.0368. The van der Waals surface area contributed by atoms with Crippen molar-refractivity contribution in [3.63, 3.8) is 0 Å². The average Bonchev–Trinajstić information content (AvgIpc) is 3.01. The number of amides is 1. The summed E-state index contributed by atoms with van der Waals surface area (Å²) in [6.07, 6.45) is 2.84. The maximum atomic E-state index is 12.3. The van der Waals surface area contributed by atoms with Gasteiger partial charge in [0.05, 0.1) is 29.3 Å². The number of aromatic nitrogens is 3. The average molecular weight is 369 g/mol. The number of rotatable bonds is 4. The number of piperidine rings is 1. The van der Waals surface area contributed by atoms with Crippen molar-refractivity contribution in [3.05, 3.63) is 17.3 Å². The van der Waals surface area contributed by atoms with Gasteiger partial charge in [0.2, 0.25) is 5.91 Å². The molecule has 0 bridgehead atoms. The molecule has 0 aromatic carbocycles. The number of esters is 1. The van der Waals surface area contributed by atoms with Gasteiger partial charge in [-0.1, -0.05) is 23.4 Å². The predicted octanol–water partition coefficient (Wildman–Crippen LogP) is 2.11. The minimum Gasteiger partial charge on any atom is -0.469 e. The SMILES string of the molecule is COC(=O)C1CCN(C(=O)CSc2nc3ncc(Cl)cc3[nH]2)CC1. The summed E-state index contributed by atoms with van der Waals surface area (Å²) in [5, 5.41) is 1.17. The standard InChI is InChI=1S/C15H17ClN4O3S/c1-23-14(22)9-2-4-20(5-3-9)12(21)8-24-15-18-11-6-10(16)7-17-13(11)19-15/h6-7,9H,2-5,8H2,1H3,(H,17,18,19). The zero-order valence-corrected chi connectivity index (χ0v) is 14.7. The zero-order chi connectivity index (χ0) is 17.1. The Labute approximate surface area is 148 Å². The first-order valence-electron chi connectivity index (χ1n) is 7.56. The number of ether oxygens (including phenoxy) is 1. The van der Waals surface area contributed by atoms with Gasteiger partial charge in [0.1, 0.15) is 0 Å². The van der Waals surface area contributed by atoms with E-state index in [0.717, 1.165) is 5.52 Å². The minimum atomic E-state index is -0.190. The normalized spacial score (nSPS) is 15.7. The third kappa shape index (κ3) is 3.81. The molecule has 9 heteroatoms. The van der Waals surface area contributed by atoms with E-state index in [9.17, 15) is 9.59 Å². The summed E-state index contributed by atoms with van der Waals surface area (Å²) >= 11 is 7.22. The number of fused-ring (bicyclic) bond motifs is 1. The Balaban J connectivity index is 1.53. The quantitative estimate of drug-likeness (QED) is 0.657. The van der Waals surface area contributed by atoms with Crippen LogP contribution in [0.25, 0.3) is 11.2 Å². The van der Waals surface area contributed by atoms with Gasteiger partial charge in [-0.25, -0.2) is 9.97 Å². The molecule has 3 heterocycles. The molecule has 2 aromatic rings. The number of carbonyl (C=O) groups excluding carboxylic acids is 2. The van der Waals surface area contributed by atoms with Gasteiger partial charge in [0.25, 0.3) is 0 Å². The smallest absolute Gasteiger partial charge is 0.308 e. The fraction of sp³-hybridized carbons (Fsp3) is 0.467. The van der Waals surface area contributed by atoms with Gasteiger partial charge in [-0.3, -0.25) is 9.59 Å². The molecular formula is C15H17ClN4O3S. The molecule has 1 amide bonds. The predicted molar refractivity (Wildman–Crippen MR) is 90.9 cm³/mol. The summed E-state index contributed by atoms with van der Waals surface area (Å²) < 4.78 is 4.75. The lowest BCUT2D eigenvalue weighted by atomic mass is 9.97. The number of hydrogen-bond donors (Lipinski definition) is 1. The third-order valence-corrected chi connectivity index (χ3v) is 5.06. The molecule has 0 saturated carbocycles. The molecule has 1 aliphatic rings. The number of nitrogens with zero attached hydrogens (tertiary/aromatic N) is 3. The number of thioether (sulfide) groups is 1. The van der Waals surface area contributed by atoms with Crippen LogP contribution in [0.4, 0.5) is 0 Å². The van der Waals surface area contributed by atoms with E-state index < -0.39 is 0 Å². The molecule has 1 fully saturated rings. The zero-order valence-electron chi connectivity index (χ0n) is 13.1. The lowest BCUT2D eigenvalue weighted by Crippen LogP contribution is -2.41. The molecular weight excluding hydrogens is 352 g/mol. The molecule has 1 N–H and O–H groups in total. The Morgan fingerprint density at radius 3 is 2.92 bits per heavy atom. The van der Waals surface area contributed by atoms with E-state index in [0.29, 0.717) is 41.8 Å².